The van der Waals surface area contributed by atoms with Crippen LogP contribution in [0, 0.1) is 13.8 Å². The Balaban J connectivity index is 2.84. The first-order chi connectivity index (χ1) is 6.49. The van der Waals surface area contributed by atoms with E-state index in [-0.39, 0.29) is 12.2 Å². The lowest BCUT2D eigenvalue weighted by Gasteiger charge is -2.17. The van der Waals surface area contributed by atoms with Crippen LogP contribution >= 0.6 is 0 Å². The van der Waals surface area contributed by atoms with Gasteiger partial charge in [-0.1, -0.05) is 29.3 Å². The molecule has 0 unspecified atom stereocenters. The third-order valence-corrected chi connectivity index (χ3v) is 2.19. The molecule has 0 bridgehead atoms. The molecule has 1 rings (SSSR count). The topological polar surface area (TPSA) is 9.23 Å². The van der Waals surface area contributed by atoms with Gasteiger partial charge in [0, 0.05) is 0 Å². The van der Waals surface area contributed by atoms with E-state index >= 15 is 0 Å². The number of hydrogen-bond donors (Lipinski definition) is 0. The zero-order valence-electron chi connectivity index (χ0n) is 9.79. The van der Waals surface area contributed by atoms with Gasteiger partial charge in [0.05, 0.1) is 12.2 Å². The molecule has 0 aliphatic heterocycles. The minimum Gasteiger partial charge on any atom is -0.371 e. The highest BCUT2D eigenvalue weighted by molar-refractivity contribution is 5.29. The van der Waals surface area contributed by atoms with Crippen molar-refractivity contribution in [2.45, 2.75) is 46.8 Å². The molecule has 0 radical (unpaired) electrons. The van der Waals surface area contributed by atoms with Gasteiger partial charge in [-0.15, -0.1) is 0 Å². The summed E-state index contributed by atoms with van der Waals surface area (Å²) < 4.78 is 5.75. The van der Waals surface area contributed by atoms with Crippen LogP contribution in [0.3, 0.4) is 0 Å². The van der Waals surface area contributed by atoms with Crippen molar-refractivity contribution < 1.29 is 4.74 Å². The zero-order valence-corrected chi connectivity index (χ0v) is 9.79. The number of benzene rings is 1. The van der Waals surface area contributed by atoms with Crippen molar-refractivity contribution in [2.24, 2.45) is 0 Å². The maximum atomic E-state index is 5.75. The maximum absolute atomic E-state index is 5.75. The van der Waals surface area contributed by atoms with Gasteiger partial charge >= 0.3 is 0 Å². The molecule has 0 fully saturated rings. The maximum Gasteiger partial charge on any atom is 0.0800 e. The van der Waals surface area contributed by atoms with E-state index < -0.39 is 0 Å². The van der Waals surface area contributed by atoms with Gasteiger partial charge in [0.15, 0.2) is 0 Å². The Morgan fingerprint density at radius 2 is 1.43 bits per heavy atom. The van der Waals surface area contributed by atoms with Crippen molar-refractivity contribution in [3.63, 3.8) is 0 Å². The molecule has 1 atom stereocenters. The number of ether oxygens (including phenoxy) is 1. The minimum atomic E-state index is 0.189. The van der Waals surface area contributed by atoms with Crippen molar-refractivity contribution >= 4 is 0 Å². The molecule has 0 amide bonds. The quantitative estimate of drug-likeness (QED) is 0.708. The molecule has 1 aromatic carbocycles. The molecule has 14 heavy (non-hydrogen) atoms. The van der Waals surface area contributed by atoms with Crippen LogP contribution in [0.25, 0.3) is 0 Å². The lowest BCUT2D eigenvalue weighted by atomic mass is 10.0. The second kappa shape index (κ2) is 4.61. The van der Waals surface area contributed by atoms with E-state index in [1.165, 1.54) is 16.7 Å². The third kappa shape index (κ3) is 3.15. The average molecular weight is 192 g/mol. The van der Waals surface area contributed by atoms with Gasteiger partial charge in [-0.2, -0.15) is 0 Å². The monoisotopic (exact) mass is 192 g/mol. The predicted octanol–water partition coefficient (Wildman–Crippen LogP) is 3.79. The van der Waals surface area contributed by atoms with Crippen molar-refractivity contribution in [3.8, 4) is 0 Å². The highest BCUT2D eigenvalue weighted by atomic mass is 16.5. The Kier molecular flexibility index (Phi) is 3.70. The fourth-order valence-corrected chi connectivity index (χ4v) is 1.73. The molecule has 1 nitrogen and oxygen atoms in total. The Morgan fingerprint density at radius 1 is 0.929 bits per heavy atom. The molecule has 0 heterocycles. The Bertz CT molecular complexity index is 282. The van der Waals surface area contributed by atoms with E-state index in [1.807, 2.05) is 0 Å². The third-order valence-electron chi connectivity index (χ3n) is 2.19. The Morgan fingerprint density at radius 3 is 1.86 bits per heavy atom. The molecule has 0 spiro atoms. The molecule has 1 aromatic rings. The van der Waals surface area contributed by atoms with Crippen LogP contribution in [0.4, 0.5) is 0 Å². The average Bonchev–Trinajstić information content (AvgIpc) is 2.00. The van der Waals surface area contributed by atoms with Gasteiger partial charge in [-0.3, -0.25) is 0 Å². The van der Waals surface area contributed by atoms with Crippen LogP contribution in [0.15, 0.2) is 18.2 Å². The van der Waals surface area contributed by atoms with Crippen molar-refractivity contribution in [2.75, 3.05) is 0 Å². The second-order valence-corrected chi connectivity index (χ2v) is 4.25. The van der Waals surface area contributed by atoms with Gasteiger partial charge in [-0.05, 0) is 40.2 Å². The summed E-state index contributed by atoms with van der Waals surface area (Å²) in [6.45, 7) is 10.5. The summed E-state index contributed by atoms with van der Waals surface area (Å²) in [6, 6.07) is 6.58. The van der Waals surface area contributed by atoms with Gasteiger partial charge in [0.25, 0.3) is 0 Å². The molecule has 0 saturated heterocycles. The summed E-state index contributed by atoms with van der Waals surface area (Å²) in [5.41, 5.74) is 3.88. The fraction of sp³-hybridized carbons (Fsp3) is 0.538. The minimum absolute atomic E-state index is 0.189. The smallest absolute Gasteiger partial charge is 0.0800 e. The summed E-state index contributed by atoms with van der Waals surface area (Å²) in [7, 11) is 0. The molecule has 0 saturated carbocycles. The van der Waals surface area contributed by atoms with Crippen molar-refractivity contribution in [1.29, 1.82) is 0 Å². The first-order valence-electron chi connectivity index (χ1n) is 5.22. The second-order valence-electron chi connectivity index (χ2n) is 4.25. The van der Waals surface area contributed by atoms with Crippen molar-refractivity contribution in [3.05, 3.63) is 34.9 Å². The van der Waals surface area contributed by atoms with Gasteiger partial charge in [-0.25, -0.2) is 0 Å². The van der Waals surface area contributed by atoms with Crippen LogP contribution < -0.4 is 0 Å². The van der Waals surface area contributed by atoms with E-state index in [2.05, 4.69) is 52.8 Å². The standard InChI is InChI=1S/C13H20O/c1-9(2)14-12(5)13-7-10(3)6-11(4)8-13/h6-9,12H,1-5H3/t12-/m0/s1. The van der Waals surface area contributed by atoms with E-state index in [1.54, 1.807) is 0 Å². The van der Waals surface area contributed by atoms with Crippen LogP contribution in [0.2, 0.25) is 0 Å². The lowest BCUT2D eigenvalue weighted by molar-refractivity contribution is 0.0178. The molecule has 78 valence electrons. The summed E-state index contributed by atoms with van der Waals surface area (Å²) in [5, 5.41) is 0. The summed E-state index contributed by atoms with van der Waals surface area (Å²) >= 11 is 0. The molecule has 0 N–H and O–H groups in total. The fourth-order valence-electron chi connectivity index (χ4n) is 1.73. The van der Waals surface area contributed by atoms with E-state index in [0.29, 0.717) is 0 Å². The van der Waals surface area contributed by atoms with Crippen LogP contribution in [0.1, 0.15) is 43.6 Å². The first kappa shape index (κ1) is 11.3. The summed E-state index contributed by atoms with van der Waals surface area (Å²) in [4.78, 5) is 0. The first-order valence-corrected chi connectivity index (χ1v) is 5.22. The Hall–Kier alpha value is -0.820. The predicted molar refractivity (Wildman–Crippen MR) is 60.6 cm³/mol. The number of rotatable bonds is 3. The highest BCUT2D eigenvalue weighted by Crippen LogP contribution is 2.20. The summed E-state index contributed by atoms with van der Waals surface area (Å²) in [5.74, 6) is 0. The van der Waals surface area contributed by atoms with E-state index in [9.17, 15) is 0 Å². The normalized spacial score (nSPS) is 13.3. The lowest BCUT2D eigenvalue weighted by Crippen LogP contribution is -2.07. The van der Waals surface area contributed by atoms with E-state index in [4.69, 9.17) is 4.74 Å². The molecule has 0 aromatic heterocycles. The molecule has 0 aliphatic carbocycles. The van der Waals surface area contributed by atoms with Crippen molar-refractivity contribution in [1.82, 2.24) is 0 Å². The molecular weight excluding hydrogens is 172 g/mol. The van der Waals surface area contributed by atoms with Gasteiger partial charge in [0.2, 0.25) is 0 Å². The number of aryl methyl sites for hydroxylation is 2. The van der Waals surface area contributed by atoms with Crippen LogP contribution in [-0.4, -0.2) is 6.10 Å². The van der Waals surface area contributed by atoms with E-state index in [0.717, 1.165) is 0 Å². The van der Waals surface area contributed by atoms with Gasteiger partial charge in [0.1, 0.15) is 0 Å². The van der Waals surface area contributed by atoms with Crippen LogP contribution in [-0.2, 0) is 4.74 Å². The molecule has 1 heteroatoms. The molecular formula is C13H20O. The largest absolute Gasteiger partial charge is 0.371 e. The highest BCUT2D eigenvalue weighted by Gasteiger charge is 2.08. The summed E-state index contributed by atoms with van der Waals surface area (Å²) in [6.07, 6.45) is 0.472. The van der Waals surface area contributed by atoms with Gasteiger partial charge < -0.3 is 4.74 Å². The molecule has 0 aliphatic rings. The SMILES string of the molecule is Cc1cc(C)cc([C@H](C)OC(C)C)c1. The zero-order chi connectivity index (χ0) is 10.7. The Labute approximate surface area is 87.1 Å². The number of hydrogen-bond acceptors (Lipinski definition) is 1. The van der Waals surface area contributed by atoms with Crippen LogP contribution in [0.5, 0.6) is 0 Å².